The van der Waals surface area contributed by atoms with Crippen molar-refractivity contribution in [2.24, 2.45) is 0 Å². The molecule has 1 aliphatic rings. The molecule has 1 aromatic rings. The van der Waals surface area contributed by atoms with E-state index in [0.717, 1.165) is 5.56 Å². The number of aliphatic hydroxyl groups is 4. The molecule has 25 heavy (non-hydrogen) atoms. The summed E-state index contributed by atoms with van der Waals surface area (Å²) in [6, 6.07) is 6.99. The van der Waals surface area contributed by atoms with Crippen molar-refractivity contribution in [2.45, 2.75) is 43.5 Å². The molecule has 1 fully saturated rings. The molecule has 2 rings (SSSR count). The summed E-state index contributed by atoms with van der Waals surface area (Å²) in [5.74, 6) is -1.72. The van der Waals surface area contributed by atoms with Gasteiger partial charge in [0.2, 0.25) is 0 Å². The highest BCUT2D eigenvalue weighted by Gasteiger charge is 2.51. The monoisotopic (exact) mass is 355 g/mol. The Bertz CT molecular complexity index is 577. The Labute approximate surface area is 146 Å². The van der Waals surface area contributed by atoms with Crippen molar-refractivity contribution in [3.63, 3.8) is 0 Å². The standard InChI is InChI=1S/C17H25NO7/c1-17(15(22)14(21)13(20)12(9-19)25-17)24-8-7-10-3-5-11(6-4-10)16(23)18-2/h3-6,12-15,19-22H,7-9H2,1-2H3,(H,18,23)/t12-,13-,14+,15+,17+/m1/s1. The predicted octanol–water partition coefficient (Wildman–Crippen LogP) is -1.20. The average molecular weight is 355 g/mol. The number of hydrogen-bond donors (Lipinski definition) is 5. The molecule has 140 valence electrons. The minimum absolute atomic E-state index is 0.170. The Morgan fingerprint density at radius 2 is 1.88 bits per heavy atom. The fourth-order valence-electron chi connectivity index (χ4n) is 2.76. The summed E-state index contributed by atoms with van der Waals surface area (Å²) in [5.41, 5.74) is 1.47. The molecule has 1 heterocycles. The van der Waals surface area contributed by atoms with Crippen molar-refractivity contribution in [3.8, 4) is 0 Å². The van der Waals surface area contributed by atoms with Crippen LogP contribution in [0.3, 0.4) is 0 Å². The lowest BCUT2D eigenvalue weighted by Gasteiger charge is -2.46. The maximum Gasteiger partial charge on any atom is 0.251 e. The summed E-state index contributed by atoms with van der Waals surface area (Å²) in [4.78, 5) is 11.5. The molecule has 0 radical (unpaired) electrons. The Morgan fingerprint density at radius 3 is 2.44 bits per heavy atom. The molecule has 8 nitrogen and oxygen atoms in total. The molecule has 1 aromatic carbocycles. The van der Waals surface area contributed by atoms with Gasteiger partial charge in [-0.3, -0.25) is 4.79 Å². The van der Waals surface area contributed by atoms with Crippen LogP contribution < -0.4 is 5.32 Å². The first-order valence-corrected chi connectivity index (χ1v) is 8.10. The van der Waals surface area contributed by atoms with Gasteiger partial charge in [-0.05, 0) is 31.0 Å². The van der Waals surface area contributed by atoms with Crippen LogP contribution in [-0.4, -0.2) is 76.8 Å². The Hall–Kier alpha value is -1.55. The zero-order chi connectivity index (χ0) is 18.6. The molecule has 1 amide bonds. The first-order valence-electron chi connectivity index (χ1n) is 8.10. The van der Waals surface area contributed by atoms with Gasteiger partial charge in [-0.25, -0.2) is 0 Å². The second-order valence-corrected chi connectivity index (χ2v) is 6.16. The van der Waals surface area contributed by atoms with Gasteiger partial charge in [0.05, 0.1) is 13.2 Å². The highest BCUT2D eigenvalue weighted by molar-refractivity contribution is 5.93. The SMILES string of the molecule is CNC(=O)c1ccc(CCO[C@@]2(C)O[C@H](CO)[C@@H](O)[C@H](O)[C@@H]2O)cc1. The minimum atomic E-state index is -1.55. The number of aliphatic hydroxyl groups excluding tert-OH is 4. The maximum atomic E-state index is 11.5. The smallest absolute Gasteiger partial charge is 0.251 e. The van der Waals surface area contributed by atoms with Crippen LogP contribution in [0.5, 0.6) is 0 Å². The number of carbonyl (C=O) groups excluding carboxylic acids is 1. The number of hydrogen-bond acceptors (Lipinski definition) is 7. The van der Waals surface area contributed by atoms with Crippen molar-refractivity contribution in [1.82, 2.24) is 5.32 Å². The molecule has 0 saturated carbocycles. The summed E-state index contributed by atoms with van der Waals surface area (Å²) in [7, 11) is 1.56. The van der Waals surface area contributed by atoms with Gasteiger partial charge in [0.15, 0.2) is 5.79 Å². The number of benzene rings is 1. The fourth-order valence-corrected chi connectivity index (χ4v) is 2.76. The maximum absolute atomic E-state index is 11.5. The van der Waals surface area contributed by atoms with Crippen LogP contribution >= 0.6 is 0 Å². The predicted molar refractivity (Wildman–Crippen MR) is 87.9 cm³/mol. The molecule has 1 aliphatic heterocycles. The number of carbonyl (C=O) groups is 1. The zero-order valence-electron chi connectivity index (χ0n) is 14.3. The number of ether oxygens (including phenoxy) is 2. The van der Waals surface area contributed by atoms with Crippen LogP contribution in [0.2, 0.25) is 0 Å². The molecule has 0 aromatic heterocycles. The third kappa shape index (κ3) is 4.35. The third-order valence-electron chi connectivity index (χ3n) is 4.38. The van der Waals surface area contributed by atoms with Crippen molar-refractivity contribution in [1.29, 1.82) is 0 Å². The topological polar surface area (TPSA) is 128 Å². The van der Waals surface area contributed by atoms with E-state index in [0.29, 0.717) is 12.0 Å². The fraction of sp³-hybridized carbons (Fsp3) is 0.588. The van der Waals surface area contributed by atoms with E-state index in [4.69, 9.17) is 9.47 Å². The molecule has 5 N–H and O–H groups in total. The Morgan fingerprint density at radius 1 is 1.24 bits per heavy atom. The summed E-state index contributed by atoms with van der Waals surface area (Å²) >= 11 is 0. The zero-order valence-corrected chi connectivity index (χ0v) is 14.3. The minimum Gasteiger partial charge on any atom is -0.394 e. The highest BCUT2D eigenvalue weighted by Crippen LogP contribution is 2.31. The molecule has 0 aliphatic carbocycles. The molecular formula is C17H25NO7. The van der Waals surface area contributed by atoms with Crippen LogP contribution in [0.4, 0.5) is 0 Å². The lowest BCUT2D eigenvalue weighted by molar-refractivity contribution is -0.356. The van der Waals surface area contributed by atoms with Gasteiger partial charge >= 0.3 is 0 Å². The van der Waals surface area contributed by atoms with Crippen LogP contribution in [0.1, 0.15) is 22.8 Å². The van der Waals surface area contributed by atoms with Gasteiger partial charge < -0.3 is 35.2 Å². The van der Waals surface area contributed by atoms with E-state index in [2.05, 4.69) is 5.32 Å². The molecule has 0 spiro atoms. The van der Waals surface area contributed by atoms with E-state index >= 15 is 0 Å². The third-order valence-corrected chi connectivity index (χ3v) is 4.38. The summed E-state index contributed by atoms with van der Waals surface area (Å²) in [6.07, 6.45) is -4.89. The Kier molecular flexibility index (Phi) is 6.50. The van der Waals surface area contributed by atoms with Gasteiger partial charge in [-0.1, -0.05) is 12.1 Å². The van der Waals surface area contributed by atoms with Crippen LogP contribution in [0, 0.1) is 0 Å². The van der Waals surface area contributed by atoms with E-state index in [1.807, 2.05) is 0 Å². The number of nitrogens with one attached hydrogen (secondary N) is 1. The molecule has 8 heteroatoms. The van der Waals surface area contributed by atoms with Gasteiger partial charge in [0, 0.05) is 12.6 Å². The summed E-state index contributed by atoms with van der Waals surface area (Å²) in [5, 5.41) is 41.5. The van der Waals surface area contributed by atoms with Crippen molar-refractivity contribution < 1.29 is 34.7 Å². The van der Waals surface area contributed by atoms with E-state index < -0.39 is 36.8 Å². The van der Waals surface area contributed by atoms with E-state index in [-0.39, 0.29) is 12.5 Å². The first kappa shape index (κ1) is 19.8. The van der Waals surface area contributed by atoms with E-state index in [1.165, 1.54) is 6.92 Å². The molecule has 0 unspecified atom stereocenters. The first-order chi connectivity index (χ1) is 11.8. The van der Waals surface area contributed by atoms with Gasteiger partial charge in [0.25, 0.3) is 5.91 Å². The van der Waals surface area contributed by atoms with Crippen molar-refractivity contribution in [2.75, 3.05) is 20.3 Å². The molecule has 5 atom stereocenters. The van der Waals surface area contributed by atoms with Crippen molar-refractivity contribution >= 4 is 5.91 Å². The lowest BCUT2D eigenvalue weighted by atomic mass is 9.93. The van der Waals surface area contributed by atoms with Crippen LogP contribution in [0.15, 0.2) is 24.3 Å². The van der Waals surface area contributed by atoms with Crippen LogP contribution in [0.25, 0.3) is 0 Å². The highest BCUT2D eigenvalue weighted by atomic mass is 16.7. The lowest BCUT2D eigenvalue weighted by Crippen LogP contribution is -2.65. The molecule has 1 saturated heterocycles. The summed E-state index contributed by atoms with van der Waals surface area (Å²) in [6.45, 7) is 1.11. The second kappa shape index (κ2) is 8.22. The van der Waals surface area contributed by atoms with Gasteiger partial charge in [-0.2, -0.15) is 0 Å². The normalized spacial score (nSPS) is 32.4. The van der Waals surface area contributed by atoms with E-state index in [1.54, 1.807) is 31.3 Å². The van der Waals surface area contributed by atoms with E-state index in [9.17, 15) is 25.2 Å². The Balaban J connectivity index is 1.94. The average Bonchev–Trinajstić information content (AvgIpc) is 2.63. The number of amides is 1. The number of rotatable bonds is 6. The second-order valence-electron chi connectivity index (χ2n) is 6.16. The largest absolute Gasteiger partial charge is 0.394 e. The quantitative estimate of drug-likeness (QED) is 0.433. The van der Waals surface area contributed by atoms with Crippen LogP contribution in [-0.2, 0) is 15.9 Å². The van der Waals surface area contributed by atoms with Gasteiger partial charge in [0.1, 0.15) is 24.4 Å². The summed E-state index contributed by atoms with van der Waals surface area (Å²) < 4.78 is 11.0. The molecular weight excluding hydrogens is 330 g/mol. The van der Waals surface area contributed by atoms with Gasteiger partial charge in [-0.15, -0.1) is 0 Å². The molecule has 0 bridgehead atoms. The van der Waals surface area contributed by atoms with Crippen molar-refractivity contribution in [3.05, 3.63) is 35.4 Å².